The van der Waals surface area contributed by atoms with E-state index in [1.165, 1.54) is 11.3 Å². The van der Waals surface area contributed by atoms with Crippen LogP contribution < -0.4 is 5.32 Å². The Morgan fingerprint density at radius 3 is 2.92 bits per heavy atom. The molecule has 13 heavy (non-hydrogen) atoms. The van der Waals surface area contributed by atoms with Crippen LogP contribution in [0, 0.1) is 0 Å². The Labute approximate surface area is 78.6 Å². The predicted octanol–water partition coefficient (Wildman–Crippen LogP) is 2.99. The predicted molar refractivity (Wildman–Crippen MR) is 53.5 cm³/mol. The Morgan fingerprint density at radius 1 is 1.38 bits per heavy atom. The lowest BCUT2D eigenvalue weighted by atomic mass is 10.2. The molecule has 1 aromatic heterocycles. The summed E-state index contributed by atoms with van der Waals surface area (Å²) in [6.45, 7) is 0. The SMILES string of the molecule is O=C(O)Nc1csc2ccccc12. The second-order valence-electron chi connectivity index (χ2n) is 2.58. The van der Waals surface area contributed by atoms with Gasteiger partial charge in [0.1, 0.15) is 0 Å². The van der Waals surface area contributed by atoms with E-state index in [2.05, 4.69) is 5.32 Å². The van der Waals surface area contributed by atoms with E-state index in [1.54, 1.807) is 5.38 Å². The number of anilines is 1. The van der Waals surface area contributed by atoms with Crippen LogP contribution in [0.4, 0.5) is 10.5 Å². The summed E-state index contributed by atoms with van der Waals surface area (Å²) in [7, 11) is 0. The third kappa shape index (κ3) is 1.48. The van der Waals surface area contributed by atoms with Crippen molar-refractivity contribution >= 4 is 33.2 Å². The number of fused-ring (bicyclic) bond motifs is 1. The zero-order valence-electron chi connectivity index (χ0n) is 6.65. The van der Waals surface area contributed by atoms with E-state index in [9.17, 15) is 4.79 Å². The number of thiophene rings is 1. The molecule has 0 spiro atoms. The summed E-state index contributed by atoms with van der Waals surface area (Å²) in [5.41, 5.74) is 0.660. The summed E-state index contributed by atoms with van der Waals surface area (Å²) in [4.78, 5) is 10.4. The summed E-state index contributed by atoms with van der Waals surface area (Å²) in [6, 6.07) is 7.69. The Balaban J connectivity index is 2.51. The van der Waals surface area contributed by atoms with Crippen molar-refractivity contribution in [1.82, 2.24) is 0 Å². The van der Waals surface area contributed by atoms with Crippen LogP contribution >= 0.6 is 11.3 Å². The minimum Gasteiger partial charge on any atom is -0.465 e. The number of carboxylic acid groups (broad SMARTS) is 1. The van der Waals surface area contributed by atoms with E-state index in [1.807, 2.05) is 24.3 Å². The average molecular weight is 193 g/mol. The summed E-state index contributed by atoms with van der Waals surface area (Å²) >= 11 is 1.53. The summed E-state index contributed by atoms with van der Waals surface area (Å²) in [6.07, 6.45) is -1.02. The molecule has 0 saturated heterocycles. The van der Waals surface area contributed by atoms with Gasteiger partial charge in [0.15, 0.2) is 0 Å². The third-order valence-electron chi connectivity index (χ3n) is 1.72. The molecule has 2 rings (SSSR count). The monoisotopic (exact) mass is 193 g/mol. The number of nitrogens with one attached hydrogen (secondary N) is 1. The van der Waals surface area contributed by atoms with Gasteiger partial charge in [0.2, 0.25) is 0 Å². The van der Waals surface area contributed by atoms with Crippen LogP contribution in [0.2, 0.25) is 0 Å². The highest BCUT2D eigenvalue weighted by atomic mass is 32.1. The number of amides is 1. The minimum atomic E-state index is -1.02. The van der Waals surface area contributed by atoms with Gasteiger partial charge in [-0.25, -0.2) is 4.79 Å². The van der Waals surface area contributed by atoms with Gasteiger partial charge in [0.25, 0.3) is 0 Å². The smallest absolute Gasteiger partial charge is 0.409 e. The molecule has 0 aliphatic rings. The molecule has 0 bridgehead atoms. The molecule has 1 aromatic carbocycles. The molecule has 0 unspecified atom stereocenters. The van der Waals surface area contributed by atoms with Gasteiger partial charge in [0, 0.05) is 15.5 Å². The topological polar surface area (TPSA) is 49.3 Å². The molecule has 66 valence electrons. The number of rotatable bonds is 1. The van der Waals surface area contributed by atoms with Gasteiger partial charge < -0.3 is 5.11 Å². The molecule has 3 nitrogen and oxygen atoms in total. The normalized spacial score (nSPS) is 10.2. The zero-order chi connectivity index (χ0) is 9.26. The quantitative estimate of drug-likeness (QED) is 0.731. The molecular formula is C9H7NO2S. The molecule has 4 heteroatoms. The minimum absolute atomic E-state index is 0.660. The highest BCUT2D eigenvalue weighted by Gasteiger charge is 2.04. The van der Waals surface area contributed by atoms with Crippen LogP contribution in [-0.2, 0) is 0 Å². The number of hydrogen-bond donors (Lipinski definition) is 2. The van der Waals surface area contributed by atoms with Crippen molar-refractivity contribution in [1.29, 1.82) is 0 Å². The lowest BCUT2D eigenvalue weighted by Crippen LogP contribution is -2.06. The maximum absolute atomic E-state index is 10.4. The van der Waals surface area contributed by atoms with Crippen molar-refractivity contribution in [2.45, 2.75) is 0 Å². The number of carbonyl (C=O) groups is 1. The van der Waals surface area contributed by atoms with E-state index < -0.39 is 6.09 Å². The summed E-state index contributed by atoms with van der Waals surface area (Å²) in [5, 5.41) is 13.7. The molecule has 0 fully saturated rings. The van der Waals surface area contributed by atoms with Crippen molar-refractivity contribution < 1.29 is 9.90 Å². The Kier molecular flexibility index (Phi) is 1.90. The number of benzene rings is 1. The van der Waals surface area contributed by atoms with Crippen LogP contribution in [0.15, 0.2) is 29.6 Å². The fourth-order valence-electron chi connectivity index (χ4n) is 1.19. The maximum Gasteiger partial charge on any atom is 0.409 e. The van der Waals surface area contributed by atoms with Gasteiger partial charge in [-0.1, -0.05) is 18.2 Å². The van der Waals surface area contributed by atoms with Crippen LogP contribution in [0.3, 0.4) is 0 Å². The van der Waals surface area contributed by atoms with Crippen LogP contribution in [-0.4, -0.2) is 11.2 Å². The molecular weight excluding hydrogens is 186 g/mol. The molecule has 0 aliphatic carbocycles. The van der Waals surface area contributed by atoms with E-state index in [0.717, 1.165) is 10.1 Å². The van der Waals surface area contributed by atoms with E-state index in [4.69, 9.17) is 5.11 Å². The van der Waals surface area contributed by atoms with Gasteiger partial charge in [-0.3, -0.25) is 5.32 Å². The highest BCUT2D eigenvalue weighted by molar-refractivity contribution is 7.17. The van der Waals surface area contributed by atoms with E-state index in [0.29, 0.717) is 5.69 Å². The first-order chi connectivity index (χ1) is 6.27. The molecule has 0 aliphatic heterocycles. The Bertz CT molecular complexity index is 450. The van der Waals surface area contributed by atoms with Crippen LogP contribution in [0.1, 0.15) is 0 Å². The van der Waals surface area contributed by atoms with E-state index in [-0.39, 0.29) is 0 Å². The molecule has 0 saturated carbocycles. The summed E-state index contributed by atoms with van der Waals surface area (Å²) in [5.74, 6) is 0. The Hall–Kier alpha value is -1.55. The lowest BCUT2D eigenvalue weighted by molar-refractivity contribution is 0.210. The molecule has 1 heterocycles. The first-order valence-corrected chi connectivity index (χ1v) is 4.61. The molecule has 0 radical (unpaired) electrons. The van der Waals surface area contributed by atoms with Gasteiger partial charge in [-0.05, 0) is 6.07 Å². The molecule has 2 N–H and O–H groups in total. The van der Waals surface area contributed by atoms with Crippen LogP contribution in [0.5, 0.6) is 0 Å². The van der Waals surface area contributed by atoms with Gasteiger partial charge >= 0.3 is 6.09 Å². The average Bonchev–Trinajstić information content (AvgIpc) is 2.48. The van der Waals surface area contributed by atoms with E-state index >= 15 is 0 Å². The molecule has 0 atom stereocenters. The van der Waals surface area contributed by atoms with Crippen molar-refractivity contribution in [2.24, 2.45) is 0 Å². The fraction of sp³-hybridized carbons (Fsp3) is 0. The molecule has 2 aromatic rings. The van der Waals surface area contributed by atoms with Gasteiger partial charge in [-0.2, -0.15) is 0 Å². The largest absolute Gasteiger partial charge is 0.465 e. The first kappa shape index (κ1) is 8.07. The standard InChI is InChI=1S/C9H7NO2S/c11-9(12)10-7-5-13-8-4-2-1-3-6(7)8/h1-5,10H,(H,11,12). The van der Waals surface area contributed by atoms with Gasteiger partial charge in [-0.15, -0.1) is 11.3 Å². The zero-order valence-corrected chi connectivity index (χ0v) is 7.47. The number of hydrogen-bond acceptors (Lipinski definition) is 2. The first-order valence-electron chi connectivity index (χ1n) is 3.73. The van der Waals surface area contributed by atoms with Gasteiger partial charge in [0.05, 0.1) is 5.69 Å². The van der Waals surface area contributed by atoms with Crippen molar-refractivity contribution in [3.05, 3.63) is 29.6 Å². The summed E-state index contributed by atoms with van der Waals surface area (Å²) < 4.78 is 1.09. The molecule has 1 amide bonds. The lowest BCUT2D eigenvalue weighted by Gasteiger charge is -1.96. The second kappa shape index (κ2) is 3.06. The highest BCUT2D eigenvalue weighted by Crippen LogP contribution is 2.29. The fourth-order valence-corrected chi connectivity index (χ4v) is 2.08. The van der Waals surface area contributed by atoms with Crippen molar-refractivity contribution in [2.75, 3.05) is 5.32 Å². The maximum atomic E-state index is 10.4. The third-order valence-corrected chi connectivity index (χ3v) is 2.69. The Morgan fingerprint density at radius 2 is 2.15 bits per heavy atom. The second-order valence-corrected chi connectivity index (χ2v) is 3.49. The van der Waals surface area contributed by atoms with Crippen LogP contribution in [0.25, 0.3) is 10.1 Å². The van der Waals surface area contributed by atoms with Crippen molar-refractivity contribution in [3.8, 4) is 0 Å². The van der Waals surface area contributed by atoms with Crippen molar-refractivity contribution in [3.63, 3.8) is 0 Å².